The second-order valence-corrected chi connectivity index (χ2v) is 5.67. The number of alkyl halides is 1. The predicted octanol–water partition coefficient (Wildman–Crippen LogP) is 3.39. The Kier molecular flexibility index (Phi) is 7.89. The molecule has 0 radical (unpaired) electrons. The first kappa shape index (κ1) is 18.6. The molecule has 0 fully saturated rings. The van der Waals surface area contributed by atoms with Crippen molar-refractivity contribution in [2.24, 2.45) is 0 Å². The average Bonchev–Trinajstić information content (AvgIpc) is 2.62. The number of rotatable bonds is 10. The standard InChI is InChI=1S/C19H24ClNO3/c1-2-23-17-10-6-7-11-18(17)24-19(15-8-4-3-5-9-15)16(22)14-21-13-12-20/h3-11,16,19,21-22H,2,12-14H2,1H3/t16-,19-/m0/s1. The molecule has 0 amide bonds. The van der Waals surface area contributed by atoms with Gasteiger partial charge in [-0.15, -0.1) is 11.6 Å². The molecule has 24 heavy (non-hydrogen) atoms. The molecule has 4 nitrogen and oxygen atoms in total. The molecule has 0 saturated heterocycles. The second kappa shape index (κ2) is 10.2. The zero-order valence-electron chi connectivity index (χ0n) is 13.8. The van der Waals surface area contributed by atoms with Gasteiger partial charge in [-0.05, 0) is 24.6 Å². The van der Waals surface area contributed by atoms with Crippen LogP contribution in [0.5, 0.6) is 11.5 Å². The van der Waals surface area contributed by atoms with Gasteiger partial charge in [0.15, 0.2) is 17.6 Å². The van der Waals surface area contributed by atoms with Crippen molar-refractivity contribution in [3.05, 3.63) is 60.2 Å². The molecule has 0 aromatic heterocycles. The number of hydrogen-bond acceptors (Lipinski definition) is 4. The van der Waals surface area contributed by atoms with Crippen molar-refractivity contribution in [1.82, 2.24) is 5.32 Å². The number of ether oxygens (including phenoxy) is 2. The maximum atomic E-state index is 10.6. The minimum atomic E-state index is -0.717. The third-order valence-electron chi connectivity index (χ3n) is 3.51. The average molecular weight is 350 g/mol. The summed E-state index contributed by atoms with van der Waals surface area (Å²) in [4.78, 5) is 0. The van der Waals surface area contributed by atoms with Crippen molar-refractivity contribution in [3.63, 3.8) is 0 Å². The molecule has 0 aliphatic carbocycles. The van der Waals surface area contributed by atoms with E-state index in [0.29, 0.717) is 37.1 Å². The molecule has 0 aliphatic rings. The Morgan fingerprint density at radius 1 is 1.04 bits per heavy atom. The van der Waals surface area contributed by atoms with Crippen LogP contribution in [0.15, 0.2) is 54.6 Å². The largest absolute Gasteiger partial charge is 0.490 e. The van der Waals surface area contributed by atoms with Gasteiger partial charge in [-0.1, -0.05) is 42.5 Å². The molecule has 2 rings (SSSR count). The van der Waals surface area contributed by atoms with Gasteiger partial charge in [0.1, 0.15) is 6.10 Å². The van der Waals surface area contributed by atoms with E-state index in [9.17, 15) is 5.11 Å². The number of para-hydroxylation sites is 2. The van der Waals surface area contributed by atoms with Crippen molar-refractivity contribution in [3.8, 4) is 11.5 Å². The zero-order chi connectivity index (χ0) is 17.2. The summed E-state index contributed by atoms with van der Waals surface area (Å²) in [5.74, 6) is 1.78. The lowest BCUT2D eigenvalue weighted by Gasteiger charge is -2.26. The molecule has 2 atom stereocenters. The van der Waals surface area contributed by atoms with E-state index in [4.69, 9.17) is 21.1 Å². The number of hydrogen-bond donors (Lipinski definition) is 2. The van der Waals surface area contributed by atoms with Crippen LogP contribution < -0.4 is 14.8 Å². The molecule has 2 aromatic carbocycles. The molecule has 0 unspecified atom stereocenters. The van der Waals surface area contributed by atoms with Crippen molar-refractivity contribution in [1.29, 1.82) is 0 Å². The first-order valence-electron chi connectivity index (χ1n) is 8.14. The minimum absolute atomic E-state index is 0.392. The van der Waals surface area contributed by atoms with Gasteiger partial charge < -0.3 is 19.9 Å². The van der Waals surface area contributed by atoms with E-state index < -0.39 is 12.2 Å². The highest BCUT2D eigenvalue weighted by molar-refractivity contribution is 6.18. The monoisotopic (exact) mass is 349 g/mol. The first-order chi connectivity index (χ1) is 11.8. The van der Waals surface area contributed by atoms with E-state index >= 15 is 0 Å². The van der Waals surface area contributed by atoms with E-state index in [1.165, 1.54) is 0 Å². The maximum absolute atomic E-state index is 10.6. The van der Waals surface area contributed by atoms with Crippen molar-refractivity contribution in [2.75, 3.05) is 25.6 Å². The summed E-state index contributed by atoms with van der Waals surface area (Å²) >= 11 is 5.67. The SMILES string of the molecule is CCOc1ccccc1O[C@@H](c1ccccc1)[C@@H](O)CNCCCl. The lowest BCUT2D eigenvalue weighted by atomic mass is 10.0. The van der Waals surface area contributed by atoms with E-state index in [1.807, 2.05) is 61.5 Å². The normalized spacial score (nSPS) is 13.3. The smallest absolute Gasteiger partial charge is 0.162 e. The van der Waals surface area contributed by atoms with Crippen molar-refractivity contribution in [2.45, 2.75) is 19.1 Å². The van der Waals surface area contributed by atoms with Crippen molar-refractivity contribution < 1.29 is 14.6 Å². The van der Waals surface area contributed by atoms with Crippen LogP contribution in [0.4, 0.5) is 0 Å². The van der Waals surface area contributed by atoms with Gasteiger partial charge in [-0.25, -0.2) is 0 Å². The molecule has 0 bridgehead atoms. The fourth-order valence-corrected chi connectivity index (χ4v) is 2.53. The Morgan fingerprint density at radius 2 is 1.71 bits per heavy atom. The molecule has 0 aliphatic heterocycles. The number of aliphatic hydroxyl groups excluding tert-OH is 1. The van der Waals surface area contributed by atoms with Crippen molar-refractivity contribution >= 4 is 11.6 Å². The lowest BCUT2D eigenvalue weighted by Crippen LogP contribution is -2.35. The third kappa shape index (κ3) is 5.41. The summed E-state index contributed by atoms with van der Waals surface area (Å²) in [5.41, 5.74) is 0.906. The zero-order valence-corrected chi connectivity index (χ0v) is 14.6. The topological polar surface area (TPSA) is 50.7 Å². The van der Waals surface area contributed by atoms with E-state index in [1.54, 1.807) is 0 Å². The molecule has 2 aromatic rings. The quantitative estimate of drug-likeness (QED) is 0.510. The molecular weight excluding hydrogens is 326 g/mol. The number of halogens is 1. The van der Waals surface area contributed by atoms with Crippen LogP contribution in [-0.2, 0) is 0 Å². The molecular formula is C19H24ClNO3. The highest BCUT2D eigenvalue weighted by atomic mass is 35.5. The summed E-state index contributed by atoms with van der Waals surface area (Å²) < 4.78 is 11.7. The summed E-state index contributed by atoms with van der Waals surface area (Å²) in [6.45, 7) is 3.51. The van der Waals surface area contributed by atoms with Gasteiger partial charge in [0.05, 0.1) is 6.61 Å². The molecule has 130 valence electrons. The van der Waals surface area contributed by atoms with Gasteiger partial charge in [0.2, 0.25) is 0 Å². The number of aliphatic hydroxyl groups is 1. The highest BCUT2D eigenvalue weighted by Gasteiger charge is 2.24. The molecule has 2 N–H and O–H groups in total. The Balaban J connectivity index is 2.20. The van der Waals surface area contributed by atoms with Crippen LogP contribution in [-0.4, -0.2) is 36.8 Å². The van der Waals surface area contributed by atoms with Crippen LogP contribution in [0, 0.1) is 0 Å². The molecule has 0 heterocycles. The lowest BCUT2D eigenvalue weighted by molar-refractivity contribution is 0.0342. The Hall–Kier alpha value is -1.75. The third-order valence-corrected chi connectivity index (χ3v) is 3.69. The molecule has 0 spiro atoms. The van der Waals surface area contributed by atoms with E-state index in [2.05, 4.69) is 5.32 Å². The van der Waals surface area contributed by atoms with Crippen LogP contribution in [0.2, 0.25) is 0 Å². The Bertz CT molecular complexity index is 594. The minimum Gasteiger partial charge on any atom is -0.490 e. The van der Waals surface area contributed by atoms with Gasteiger partial charge in [0, 0.05) is 19.0 Å². The number of nitrogens with one attached hydrogen (secondary N) is 1. The molecule has 5 heteroatoms. The number of benzene rings is 2. The van der Waals surface area contributed by atoms with Gasteiger partial charge in [-0.2, -0.15) is 0 Å². The van der Waals surface area contributed by atoms with Crippen LogP contribution in [0.25, 0.3) is 0 Å². The first-order valence-corrected chi connectivity index (χ1v) is 8.68. The molecule has 0 saturated carbocycles. The summed E-state index contributed by atoms with van der Waals surface area (Å²) in [6, 6.07) is 17.2. The van der Waals surface area contributed by atoms with E-state index in [-0.39, 0.29) is 0 Å². The van der Waals surface area contributed by atoms with Crippen LogP contribution in [0.3, 0.4) is 0 Å². The Labute approximate surface area is 148 Å². The van der Waals surface area contributed by atoms with Gasteiger partial charge in [-0.3, -0.25) is 0 Å². The second-order valence-electron chi connectivity index (χ2n) is 5.29. The summed E-state index contributed by atoms with van der Waals surface area (Å²) in [6.07, 6.45) is -1.22. The van der Waals surface area contributed by atoms with E-state index in [0.717, 1.165) is 5.56 Å². The van der Waals surface area contributed by atoms with Crippen LogP contribution >= 0.6 is 11.6 Å². The highest BCUT2D eigenvalue weighted by Crippen LogP contribution is 2.32. The summed E-state index contributed by atoms with van der Waals surface area (Å²) in [5, 5.41) is 13.7. The predicted molar refractivity (Wildman–Crippen MR) is 97.0 cm³/mol. The Morgan fingerprint density at radius 3 is 2.38 bits per heavy atom. The fraction of sp³-hybridized carbons (Fsp3) is 0.368. The maximum Gasteiger partial charge on any atom is 0.162 e. The van der Waals surface area contributed by atoms with Crippen LogP contribution in [0.1, 0.15) is 18.6 Å². The van der Waals surface area contributed by atoms with Gasteiger partial charge >= 0.3 is 0 Å². The summed E-state index contributed by atoms with van der Waals surface area (Å²) in [7, 11) is 0. The fourth-order valence-electron chi connectivity index (χ4n) is 2.39. The van der Waals surface area contributed by atoms with Gasteiger partial charge in [0.25, 0.3) is 0 Å².